The first-order chi connectivity index (χ1) is 12.2. The maximum Gasteiger partial charge on any atom is 0.255 e. The summed E-state index contributed by atoms with van der Waals surface area (Å²) in [7, 11) is 0. The largest absolute Gasteiger partial charge is 0.493 e. The minimum Gasteiger partial charge on any atom is -0.493 e. The molecule has 3 rings (SSSR count). The maximum absolute atomic E-state index is 12.6. The van der Waals surface area contributed by atoms with Gasteiger partial charge >= 0.3 is 0 Å². The van der Waals surface area contributed by atoms with Crippen molar-refractivity contribution in [1.29, 1.82) is 0 Å². The van der Waals surface area contributed by atoms with Gasteiger partial charge in [-0.25, -0.2) is 4.98 Å². The maximum atomic E-state index is 12.6. The van der Waals surface area contributed by atoms with Gasteiger partial charge in [0.2, 0.25) is 0 Å². The molecule has 25 heavy (non-hydrogen) atoms. The predicted molar refractivity (Wildman–Crippen MR) is 104 cm³/mol. The van der Waals surface area contributed by atoms with Crippen molar-refractivity contribution in [3.8, 4) is 16.3 Å². The lowest BCUT2D eigenvalue weighted by molar-refractivity contribution is 0.0947. The van der Waals surface area contributed by atoms with E-state index in [1.807, 2.05) is 42.6 Å². The topological polar surface area (TPSA) is 51.2 Å². The van der Waals surface area contributed by atoms with Crippen LogP contribution in [-0.2, 0) is 6.54 Å². The quantitative estimate of drug-likeness (QED) is 0.621. The van der Waals surface area contributed by atoms with Crippen LogP contribution in [0.15, 0.2) is 58.5 Å². The standard InChI is InChI=1S/C19H17BrN2O2S/c1-2-24-17-7-6-15(20)11-16(17)18(23)22-12-13-4-3-5-14(10-13)19-21-8-9-25-19/h3-11H,2,12H2,1H3,(H,22,23). The highest BCUT2D eigenvalue weighted by Crippen LogP contribution is 2.24. The van der Waals surface area contributed by atoms with Crippen LogP contribution in [0.5, 0.6) is 5.75 Å². The molecule has 1 amide bonds. The van der Waals surface area contributed by atoms with Gasteiger partial charge in [0, 0.05) is 28.2 Å². The number of halogens is 1. The molecule has 4 nitrogen and oxygen atoms in total. The van der Waals surface area contributed by atoms with Crippen molar-refractivity contribution in [2.75, 3.05) is 6.61 Å². The van der Waals surface area contributed by atoms with E-state index in [2.05, 4.69) is 26.2 Å². The number of nitrogens with zero attached hydrogens (tertiary/aromatic N) is 1. The number of nitrogens with one attached hydrogen (secondary N) is 1. The summed E-state index contributed by atoms with van der Waals surface area (Å²) in [5.74, 6) is 0.420. The lowest BCUT2D eigenvalue weighted by atomic mass is 10.1. The molecule has 0 unspecified atom stereocenters. The molecule has 0 bridgehead atoms. The molecule has 6 heteroatoms. The number of ether oxygens (including phenoxy) is 1. The van der Waals surface area contributed by atoms with E-state index in [-0.39, 0.29) is 5.91 Å². The molecule has 0 aliphatic rings. The molecule has 0 spiro atoms. The summed E-state index contributed by atoms with van der Waals surface area (Å²) in [6.45, 7) is 2.85. The molecular weight excluding hydrogens is 400 g/mol. The average Bonchev–Trinajstić information content (AvgIpc) is 3.16. The van der Waals surface area contributed by atoms with E-state index in [0.29, 0.717) is 24.5 Å². The van der Waals surface area contributed by atoms with Crippen molar-refractivity contribution in [2.24, 2.45) is 0 Å². The summed E-state index contributed by atoms with van der Waals surface area (Å²) in [6, 6.07) is 13.5. The number of benzene rings is 2. The Hall–Kier alpha value is -2.18. The Bertz CT molecular complexity index is 866. The van der Waals surface area contributed by atoms with Gasteiger partial charge < -0.3 is 10.1 Å². The second-order valence-electron chi connectivity index (χ2n) is 5.29. The number of hydrogen-bond donors (Lipinski definition) is 1. The summed E-state index contributed by atoms with van der Waals surface area (Å²) in [5.41, 5.74) is 2.60. The van der Waals surface area contributed by atoms with Crippen molar-refractivity contribution in [3.63, 3.8) is 0 Å². The third-order valence-corrected chi connectivity index (χ3v) is 4.86. The molecule has 3 aromatic rings. The minimum atomic E-state index is -0.163. The Labute approximate surface area is 159 Å². The van der Waals surface area contributed by atoms with Gasteiger partial charge in [0.15, 0.2) is 0 Å². The summed E-state index contributed by atoms with van der Waals surface area (Å²) in [4.78, 5) is 16.9. The third-order valence-electron chi connectivity index (χ3n) is 3.55. The Balaban J connectivity index is 1.73. The normalized spacial score (nSPS) is 10.5. The fourth-order valence-electron chi connectivity index (χ4n) is 2.42. The molecule has 1 heterocycles. The summed E-state index contributed by atoms with van der Waals surface area (Å²) in [6.07, 6.45) is 1.79. The van der Waals surface area contributed by atoms with Crippen LogP contribution in [0, 0.1) is 0 Å². The molecule has 0 radical (unpaired) electrons. The van der Waals surface area contributed by atoms with E-state index in [1.165, 1.54) is 0 Å². The first-order valence-electron chi connectivity index (χ1n) is 7.86. The second kappa shape index (κ2) is 8.27. The second-order valence-corrected chi connectivity index (χ2v) is 7.10. The molecule has 0 aliphatic heterocycles. The van der Waals surface area contributed by atoms with Crippen LogP contribution in [0.4, 0.5) is 0 Å². The molecule has 0 atom stereocenters. The van der Waals surface area contributed by atoms with E-state index < -0.39 is 0 Å². The van der Waals surface area contributed by atoms with E-state index >= 15 is 0 Å². The SMILES string of the molecule is CCOc1ccc(Br)cc1C(=O)NCc1cccc(-c2nccs2)c1. The van der Waals surface area contributed by atoms with Crippen LogP contribution in [-0.4, -0.2) is 17.5 Å². The zero-order chi connectivity index (χ0) is 17.6. The Morgan fingerprint density at radius 2 is 2.16 bits per heavy atom. The summed E-state index contributed by atoms with van der Waals surface area (Å²) >= 11 is 5.00. The number of aromatic nitrogens is 1. The Morgan fingerprint density at radius 3 is 2.92 bits per heavy atom. The van der Waals surface area contributed by atoms with Crippen LogP contribution in [0.1, 0.15) is 22.8 Å². The van der Waals surface area contributed by atoms with Gasteiger partial charge in [-0.1, -0.05) is 34.1 Å². The molecule has 0 saturated carbocycles. The monoisotopic (exact) mass is 416 g/mol. The first-order valence-corrected chi connectivity index (χ1v) is 9.54. The van der Waals surface area contributed by atoms with Crippen LogP contribution >= 0.6 is 27.3 Å². The van der Waals surface area contributed by atoms with Gasteiger partial charge in [-0.2, -0.15) is 0 Å². The number of thiazole rings is 1. The van der Waals surface area contributed by atoms with Crippen LogP contribution in [0.25, 0.3) is 10.6 Å². The first kappa shape index (κ1) is 17.6. The van der Waals surface area contributed by atoms with Gasteiger partial charge in [-0.15, -0.1) is 11.3 Å². The average molecular weight is 417 g/mol. The molecule has 1 N–H and O–H groups in total. The number of carbonyl (C=O) groups is 1. The van der Waals surface area contributed by atoms with Gasteiger partial charge in [-0.3, -0.25) is 4.79 Å². The van der Waals surface area contributed by atoms with Gasteiger partial charge in [0.05, 0.1) is 12.2 Å². The fourth-order valence-corrected chi connectivity index (χ4v) is 3.42. The van der Waals surface area contributed by atoms with Gasteiger partial charge in [-0.05, 0) is 36.8 Å². The minimum absolute atomic E-state index is 0.163. The van der Waals surface area contributed by atoms with Crippen LogP contribution in [0.3, 0.4) is 0 Å². The third kappa shape index (κ3) is 4.46. The van der Waals surface area contributed by atoms with E-state index in [0.717, 1.165) is 20.6 Å². The molecule has 0 saturated heterocycles. The van der Waals surface area contributed by atoms with E-state index in [1.54, 1.807) is 29.7 Å². The van der Waals surface area contributed by atoms with E-state index in [9.17, 15) is 4.79 Å². The lowest BCUT2D eigenvalue weighted by Crippen LogP contribution is -2.23. The smallest absolute Gasteiger partial charge is 0.255 e. The molecule has 128 valence electrons. The van der Waals surface area contributed by atoms with E-state index in [4.69, 9.17) is 4.74 Å². The van der Waals surface area contributed by atoms with Crippen molar-refractivity contribution in [3.05, 3.63) is 69.6 Å². The number of hydrogen-bond acceptors (Lipinski definition) is 4. The van der Waals surface area contributed by atoms with Crippen LogP contribution < -0.4 is 10.1 Å². The number of amides is 1. The lowest BCUT2D eigenvalue weighted by Gasteiger charge is -2.11. The van der Waals surface area contributed by atoms with Gasteiger partial charge in [0.25, 0.3) is 5.91 Å². The Morgan fingerprint density at radius 1 is 1.28 bits per heavy atom. The summed E-state index contributed by atoms with van der Waals surface area (Å²) in [5, 5.41) is 5.88. The molecule has 0 aliphatic carbocycles. The molecule has 2 aromatic carbocycles. The fraction of sp³-hybridized carbons (Fsp3) is 0.158. The van der Waals surface area contributed by atoms with Crippen molar-refractivity contribution < 1.29 is 9.53 Å². The van der Waals surface area contributed by atoms with Crippen molar-refractivity contribution in [2.45, 2.75) is 13.5 Å². The highest BCUT2D eigenvalue weighted by atomic mass is 79.9. The predicted octanol–water partition coefficient (Wildman–Crippen LogP) is 4.90. The summed E-state index contributed by atoms with van der Waals surface area (Å²) < 4.78 is 6.38. The van der Waals surface area contributed by atoms with Gasteiger partial charge in [0.1, 0.15) is 10.8 Å². The number of carbonyl (C=O) groups excluding carboxylic acids is 1. The molecule has 0 fully saturated rings. The number of rotatable bonds is 6. The Kier molecular flexibility index (Phi) is 5.83. The molecular formula is C19H17BrN2O2S. The van der Waals surface area contributed by atoms with Crippen LogP contribution in [0.2, 0.25) is 0 Å². The zero-order valence-corrected chi connectivity index (χ0v) is 16.1. The highest BCUT2D eigenvalue weighted by molar-refractivity contribution is 9.10. The zero-order valence-electron chi connectivity index (χ0n) is 13.7. The van der Waals surface area contributed by atoms with Crippen molar-refractivity contribution in [1.82, 2.24) is 10.3 Å². The molecule has 1 aromatic heterocycles. The highest BCUT2D eigenvalue weighted by Gasteiger charge is 2.13. The van der Waals surface area contributed by atoms with Crippen molar-refractivity contribution >= 4 is 33.2 Å².